The van der Waals surface area contributed by atoms with Gasteiger partial charge in [-0.15, -0.1) is 10.2 Å². The lowest BCUT2D eigenvalue weighted by Crippen LogP contribution is -1.95. The molecular weight excluding hydrogens is 200 g/mol. The Kier molecular flexibility index (Phi) is 2.17. The average molecular weight is 205 g/mol. The van der Waals surface area contributed by atoms with Crippen molar-refractivity contribution in [3.8, 4) is 11.8 Å². The molecule has 1 heterocycles. The maximum Gasteiger partial charge on any atom is 0.124 e. The third-order valence-corrected chi connectivity index (χ3v) is 2.09. The van der Waals surface area contributed by atoms with Gasteiger partial charge in [-0.1, -0.05) is 17.7 Å². The molecule has 1 aromatic carbocycles. The first-order chi connectivity index (χ1) is 6.83. The number of rotatable bonds is 1. The van der Waals surface area contributed by atoms with Gasteiger partial charge in [0.25, 0.3) is 0 Å². The van der Waals surface area contributed by atoms with Crippen LogP contribution in [-0.4, -0.2) is 14.8 Å². The van der Waals surface area contributed by atoms with Crippen molar-refractivity contribution in [3.05, 3.63) is 41.4 Å². The molecule has 0 fully saturated rings. The molecular formula is C9H5ClN4. The van der Waals surface area contributed by atoms with Crippen molar-refractivity contribution in [1.29, 1.82) is 5.26 Å². The van der Waals surface area contributed by atoms with Gasteiger partial charge >= 0.3 is 0 Å². The molecule has 0 unspecified atom stereocenters. The molecule has 68 valence electrons. The first kappa shape index (κ1) is 8.73. The number of para-hydroxylation sites is 1. The van der Waals surface area contributed by atoms with E-state index in [1.54, 1.807) is 22.8 Å². The zero-order valence-electron chi connectivity index (χ0n) is 7.05. The van der Waals surface area contributed by atoms with Gasteiger partial charge in [0.2, 0.25) is 0 Å². The summed E-state index contributed by atoms with van der Waals surface area (Å²) in [6.07, 6.45) is 3.00. The van der Waals surface area contributed by atoms with Gasteiger partial charge in [0.05, 0.1) is 16.3 Å². The molecule has 2 aromatic rings. The SMILES string of the molecule is N#Cc1cccc(Cl)c1-n1cnnc1. The van der Waals surface area contributed by atoms with Crippen LogP contribution in [0.15, 0.2) is 30.9 Å². The Hall–Kier alpha value is -1.86. The van der Waals surface area contributed by atoms with E-state index < -0.39 is 0 Å². The van der Waals surface area contributed by atoms with E-state index in [1.807, 2.05) is 0 Å². The van der Waals surface area contributed by atoms with Crippen LogP contribution in [0.3, 0.4) is 0 Å². The van der Waals surface area contributed by atoms with Crippen LogP contribution < -0.4 is 0 Å². The molecule has 0 atom stereocenters. The molecule has 0 aliphatic carbocycles. The van der Waals surface area contributed by atoms with Crippen molar-refractivity contribution in [2.24, 2.45) is 0 Å². The third-order valence-electron chi connectivity index (χ3n) is 1.78. The van der Waals surface area contributed by atoms with E-state index in [-0.39, 0.29) is 0 Å². The minimum atomic E-state index is 0.498. The normalized spacial score (nSPS) is 9.71. The molecule has 4 nitrogen and oxygen atoms in total. The number of nitrogens with zero attached hydrogens (tertiary/aromatic N) is 4. The smallest absolute Gasteiger partial charge is 0.124 e. The fourth-order valence-corrected chi connectivity index (χ4v) is 1.46. The predicted molar refractivity (Wildman–Crippen MR) is 51.1 cm³/mol. The second-order valence-corrected chi connectivity index (χ2v) is 3.02. The Bertz CT molecular complexity index is 484. The molecule has 1 aromatic heterocycles. The van der Waals surface area contributed by atoms with E-state index in [4.69, 9.17) is 16.9 Å². The van der Waals surface area contributed by atoms with E-state index in [2.05, 4.69) is 16.3 Å². The molecule has 0 aliphatic heterocycles. The first-order valence-electron chi connectivity index (χ1n) is 3.86. The summed E-state index contributed by atoms with van der Waals surface area (Å²) in [5.74, 6) is 0. The van der Waals surface area contributed by atoms with Gasteiger partial charge in [0.15, 0.2) is 0 Å². The Morgan fingerprint density at radius 3 is 2.64 bits per heavy atom. The molecule has 2 rings (SSSR count). The van der Waals surface area contributed by atoms with Gasteiger partial charge in [-0.2, -0.15) is 5.26 Å². The van der Waals surface area contributed by atoms with Gasteiger partial charge in [0, 0.05) is 0 Å². The zero-order chi connectivity index (χ0) is 9.97. The van der Waals surface area contributed by atoms with E-state index in [1.165, 1.54) is 12.7 Å². The Morgan fingerprint density at radius 1 is 1.29 bits per heavy atom. The van der Waals surface area contributed by atoms with Crippen LogP contribution >= 0.6 is 11.6 Å². The van der Waals surface area contributed by atoms with Gasteiger partial charge < -0.3 is 0 Å². The van der Waals surface area contributed by atoms with Crippen LogP contribution in [0.1, 0.15) is 5.56 Å². The second-order valence-electron chi connectivity index (χ2n) is 2.62. The van der Waals surface area contributed by atoms with E-state index in [0.29, 0.717) is 16.3 Å². The summed E-state index contributed by atoms with van der Waals surface area (Å²) in [5.41, 5.74) is 1.11. The lowest BCUT2D eigenvalue weighted by molar-refractivity contribution is 1.05. The monoisotopic (exact) mass is 204 g/mol. The van der Waals surface area contributed by atoms with Crippen LogP contribution in [0.4, 0.5) is 0 Å². The summed E-state index contributed by atoms with van der Waals surface area (Å²) >= 11 is 5.97. The maximum absolute atomic E-state index is 8.88. The minimum absolute atomic E-state index is 0.498. The highest BCUT2D eigenvalue weighted by molar-refractivity contribution is 6.32. The summed E-state index contributed by atoms with van der Waals surface area (Å²) in [6, 6.07) is 7.21. The Labute approximate surface area is 85.4 Å². The van der Waals surface area contributed by atoms with Gasteiger partial charge in [0.1, 0.15) is 18.7 Å². The van der Waals surface area contributed by atoms with E-state index >= 15 is 0 Å². The van der Waals surface area contributed by atoms with E-state index in [9.17, 15) is 0 Å². The quantitative estimate of drug-likeness (QED) is 0.712. The number of hydrogen-bond donors (Lipinski definition) is 0. The second kappa shape index (κ2) is 3.48. The van der Waals surface area contributed by atoms with Crippen molar-refractivity contribution in [1.82, 2.24) is 14.8 Å². The van der Waals surface area contributed by atoms with Crippen LogP contribution in [0.2, 0.25) is 5.02 Å². The molecule has 14 heavy (non-hydrogen) atoms. The fourth-order valence-electron chi connectivity index (χ4n) is 1.18. The number of aromatic nitrogens is 3. The third kappa shape index (κ3) is 1.34. The van der Waals surface area contributed by atoms with Crippen molar-refractivity contribution in [2.45, 2.75) is 0 Å². The summed E-state index contributed by atoms with van der Waals surface area (Å²) in [7, 11) is 0. The fraction of sp³-hybridized carbons (Fsp3) is 0. The minimum Gasteiger partial charge on any atom is -0.285 e. The first-order valence-corrected chi connectivity index (χ1v) is 4.24. The van der Waals surface area contributed by atoms with Crippen molar-refractivity contribution in [2.75, 3.05) is 0 Å². The molecule has 0 spiro atoms. The Balaban J connectivity index is 2.69. The highest BCUT2D eigenvalue weighted by Crippen LogP contribution is 2.23. The predicted octanol–water partition coefficient (Wildman–Crippen LogP) is 1.79. The summed E-state index contributed by atoms with van der Waals surface area (Å²) in [5, 5.41) is 16.7. The molecule has 0 aliphatic rings. The van der Waals surface area contributed by atoms with E-state index in [0.717, 1.165) is 0 Å². The molecule has 0 radical (unpaired) electrons. The highest BCUT2D eigenvalue weighted by atomic mass is 35.5. The lowest BCUT2D eigenvalue weighted by Gasteiger charge is -2.05. The molecule has 5 heteroatoms. The van der Waals surface area contributed by atoms with Crippen molar-refractivity contribution in [3.63, 3.8) is 0 Å². The van der Waals surface area contributed by atoms with Crippen molar-refractivity contribution < 1.29 is 0 Å². The van der Waals surface area contributed by atoms with Crippen LogP contribution in [0.25, 0.3) is 5.69 Å². The lowest BCUT2D eigenvalue weighted by atomic mass is 10.2. The largest absolute Gasteiger partial charge is 0.285 e. The van der Waals surface area contributed by atoms with Gasteiger partial charge in [-0.25, -0.2) is 0 Å². The zero-order valence-corrected chi connectivity index (χ0v) is 7.81. The number of nitriles is 1. The van der Waals surface area contributed by atoms with Gasteiger partial charge in [-0.05, 0) is 12.1 Å². The molecule has 0 saturated heterocycles. The Morgan fingerprint density at radius 2 is 2.00 bits per heavy atom. The number of hydrogen-bond acceptors (Lipinski definition) is 3. The molecule has 0 bridgehead atoms. The highest BCUT2D eigenvalue weighted by Gasteiger charge is 2.07. The van der Waals surface area contributed by atoms with Crippen molar-refractivity contribution >= 4 is 11.6 Å². The average Bonchev–Trinajstić information content (AvgIpc) is 2.70. The van der Waals surface area contributed by atoms with Crippen LogP contribution in [-0.2, 0) is 0 Å². The number of benzene rings is 1. The molecule has 0 N–H and O–H groups in total. The summed E-state index contributed by atoms with van der Waals surface area (Å²) < 4.78 is 1.61. The maximum atomic E-state index is 8.88. The van der Waals surface area contributed by atoms with Crippen LogP contribution in [0, 0.1) is 11.3 Å². The topological polar surface area (TPSA) is 54.5 Å². The summed E-state index contributed by atoms with van der Waals surface area (Å²) in [4.78, 5) is 0. The van der Waals surface area contributed by atoms with Gasteiger partial charge in [-0.3, -0.25) is 4.57 Å². The van der Waals surface area contributed by atoms with Crippen LogP contribution in [0.5, 0.6) is 0 Å². The summed E-state index contributed by atoms with van der Waals surface area (Å²) in [6.45, 7) is 0. The molecule has 0 saturated carbocycles. The number of halogens is 1. The standard InChI is InChI=1S/C9H5ClN4/c10-8-3-1-2-7(4-11)9(8)14-5-12-13-6-14/h1-3,5-6H. The molecule has 0 amide bonds.